The predicted octanol–water partition coefficient (Wildman–Crippen LogP) is 1.34. The number of ether oxygens (including phenoxy) is 1. The fourth-order valence-electron chi connectivity index (χ4n) is 1.64. The smallest absolute Gasteiger partial charge is 0.338 e. The van der Waals surface area contributed by atoms with E-state index in [0.717, 1.165) is 4.31 Å². The fourth-order valence-corrected chi connectivity index (χ4v) is 2.76. The number of hydrogen-bond acceptors (Lipinski definition) is 4. The standard InChI is InChI=1S/C12H17NO4S/c1-8-6-9(2)11(18(15,16)13(3)4)7-10(8)12(14)17-5/h6-7H,1-5H3. The Kier molecular flexibility index (Phi) is 4.13. The summed E-state index contributed by atoms with van der Waals surface area (Å²) in [5.41, 5.74) is 1.56. The van der Waals surface area contributed by atoms with Gasteiger partial charge in [0.1, 0.15) is 0 Å². The van der Waals surface area contributed by atoms with E-state index in [1.165, 1.54) is 27.3 Å². The van der Waals surface area contributed by atoms with Crippen LogP contribution in [0.25, 0.3) is 0 Å². The van der Waals surface area contributed by atoms with E-state index in [-0.39, 0.29) is 10.5 Å². The van der Waals surface area contributed by atoms with Gasteiger partial charge in [0.15, 0.2) is 0 Å². The third kappa shape index (κ3) is 2.54. The van der Waals surface area contributed by atoms with Crippen LogP contribution in [0, 0.1) is 13.8 Å². The van der Waals surface area contributed by atoms with Crippen molar-refractivity contribution < 1.29 is 17.9 Å². The molecule has 0 aromatic heterocycles. The Balaban J connectivity index is 3.53. The highest BCUT2D eigenvalue weighted by molar-refractivity contribution is 7.89. The van der Waals surface area contributed by atoms with E-state index < -0.39 is 16.0 Å². The second-order valence-electron chi connectivity index (χ2n) is 4.21. The third-order valence-corrected chi connectivity index (χ3v) is 4.64. The first kappa shape index (κ1) is 14.7. The summed E-state index contributed by atoms with van der Waals surface area (Å²) >= 11 is 0. The number of esters is 1. The summed E-state index contributed by atoms with van der Waals surface area (Å²) in [5.74, 6) is -0.539. The molecule has 1 aromatic rings. The zero-order valence-electron chi connectivity index (χ0n) is 11.1. The Morgan fingerprint density at radius 2 is 1.72 bits per heavy atom. The van der Waals surface area contributed by atoms with Crippen LogP contribution in [0.1, 0.15) is 21.5 Å². The molecule has 0 atom stereocenters. The lowest BCUT2D eigenvalue weighted by molar-refractivity contribution is 0.0599. The van der Waals surface area contributed by atoms with Crippen molar-refractivity contribution >= 4 is 16.0 Å². The minimum Gasteiger partial charge on any atom is -0.465 e. The number of hydrogen-bond donors (Lipinski definition) is 0. The molecule has 0 saturated carbocycles. The molecule has 6 heteroatoms. The van der Waals surface area contributed by atoms with Crippen LogP contribution in [0.4, 0.5) is 0 Å². The van der Waals surface area contributed by atoms with Gasteiger partial charge in [-0.25, -0.2) is 17.5 Å². The number of carbonyl (C=O) groups is 1. The quantitative estimate of drug-likeness (QED) is 0.778. The highest BCUT2D eigenvalue weighted by atomic mass is 32.2. The molecule has 0 radical (unpaired) electrons. The molecule has 5 nitrogen and oxygen atoms in total. The highest BCUT2D eigenvalue weighted by Gasteiger charge is 2.22. The highest BCUT2D eigenvalue weighted by Crippen LogP contribution is 2.23. The maximum Gasteiger partial charge on any atom is 0.338 e. The van der Waals surface area contributed by atoms with Crippen LogP contribution in [0.5, 0.6) is 0 Å². The summed E-state index contributed by atoms with van der Waals surface area (Å²) in [6, 6.07) is 3.04. The normalized spacial score (nSPS) is 11.7. The van der Waals surface area contributed by atoms with E-state index in [9.17, 15) is 13.2 Å². The van der Waals surface area contributed by atoms with E-state index in [1.807, 2.05) is 0 Å². The molecule has 0 bridgehead atoms. The first-order valence-electron chi connectivity index (χ1n) is 5.34. The van der Waals surface area contributed by atoms with Crippen molar-refractivity contribution in [2.75, 3.05) is 21.2 Å². The monoisotopic (exact) mass is 271 g/mol. The first-order chi connectivity index (χ1) is 8.21. The molecule has 0 aliphatic rings. The van der Waals surface area contributed by atoms with Gasteiger partial charge in [-0.05, 0) is 31.0 Å². The van der Waals surface area contributed by atoms with E-state index in [4.69, 9.17) is 0 Å². The van der Waals surface area contributed by atoms with Crippen LogP contribution in [0.15, 0.2) is 17.0 Å². The van der Waals surface area contributed by atoms with Crippen molar-refractivity contribution in [3.8, 4) is 0 Å². The van der Waals surface area contributed by atoms with Gasteiger partial charge in [-0.15, -0.1) is 0 Å². The lowest BCUT2D eigenvalue weighted by Crippen LogP contribution is -2.23. The Morgan fingerprint density at radius 1 is 1.17 bits per heavy atom. The van der Waals surface area contributed by atoms with E-state index >= 15 is 0 Å². The number of aryl methyl sites for hydroxylation is 2. The molecule has 0 N–H and O–H groups in total. The Bertz CT molecular complexity index is 576. The Morgan fingerprint density at radius 3 is 2.17 bits per heavy atom. The van der Waals surface area contributed by atoms with Crippen LogP contribution in [0.2, 0.25) is 0 Å². The number of methoxy groups -OCH3 is 1. The minimum absolute atomic E-state index is 0.124. The van der Waals surface area contributed by atoms with E-state index in [0.29, 0.717) is 11.1 Å². The van der Waals surface area contributed by atoms with Gasteiger partial charge >= 0.3 is 5.97 Å². The summed E-state index contributed by atoms with van der Waals surface area (Å²) in [7, 11) is 0.604. The molecule has 0 aliphatic heterocycles. The minimum atomic E-state index is -3.56. The van der Waals surface area contributed by atoms with Crippen molar-refractivity contribution in [2.45, 2.75) is 18.7 Å². The summed E-state index contributed by atoms with van der Waals surface area (Å²) in [4.78, 5) is 11.7. The first-order valence-corrected chi connectivity index (χ1v) is 6.78. The van der Waals surface area contributed by atoms with Gasteiger partial charge in [0.05, 0.1) is 17.6 Å². The SMILES string of the molecule is COC(=O)c1cc(S(=O)(=O)N(C)C)c(C)cc1C. The molecule has 0 unspecified atom stereocenters. The average molecular weight is 271 g/mol. The molecule has 0 fully saturated rings. The van der Waals surface area contributed by atoms with Crippen molar-refractivity contribution in [3.63, 3.8) is 0 Å². The summed E-state index contributed by atoms with van der Waals surface area (Å²) in [6.07, 6.45) is 0. The van der Waals surface area contributed by atoms with Crippen LogP contribution in [-0.2, 0) is 14.8 Å². The predicted molar refractivity (Wildman–Crippen MR) is 68.1 cm³/mol. The lowest BCUT2D eigenvalue weighted by atomic mass is 10.1. The maximum absolute atomic E-state index is 12.1. The van der Waals surface area contributed by atoms with E-state index in [2.05, 4.69) is 4.74 Å². The van der Waals surface area contributed by atoms with Crippen LogP contribution >= 0.6 is 0 Å². The molecular formula is C12H17NO4S. The second-order valence-corrected chi connectivity index (χ2v) is 6.33. The van der Waals surface area contributed by atoms with Gasteiger partial charge in [0.25, 0.3) is 0 Å². The van der Waals surface area contributed by atoms with Crippen LogP contribution < -0.4 is 0 Å². The van der Waals surface area contributed by atoms with Gasteiger partial charge in [-0.3, -0.25) is 0 Å². The third-order valence-electron chi connectivity index (χ3n) is 2.69. The topological polar surface area (TPSA) is 63.7 Å². The molecule has 1 aromatic carbocycles. The molecule has 18 heavy (non-hydrogen) atoms. The molecule has 0 saturated heterocycles. The van der Waals surface area contributed by atoms with Gasteiger partial charge in [0.2, 0.25) is 10.0 Å². The fraction of sp³-hybridized carbons (Fsp3) is 0.417. The summed E-state index contributed by atoms with van der Waals surface area (Å²) in [5, 5.41) is 0. The van der Waals surface area contributed by atoms with Gasteiger partial charge in [-0.1, -0.05) is 6.07 Å². The lowest BCUT2D eigenvalue weighted by Gasteiger charge is -2.15. The second kappa shape index (κ2) is 5.07. The molecular weight excluding hydrogens is 254 g/mol. The largest absolute Gasteiger partial charge is 0.465 e. The van der Waals surface area contributed by atoms with Crippen LogP contribution in [0.3, 0.4) is 0 Å². The summed E-state index contributed by atoms with van der Waals surface area (Å²) < 4.78 is 30.0. The Labute approximate surface area is 107 Å². The molecule has 0 heterocycles. The number of benzene rings is 1. The molecule has 0 amide bonds. The molecule has 0 aliphatic carbocycles. The molecule has 100 valence electrons. The average Bonchev–Trinajstić information content (AvgIpc) is 2.27. The summed E-state index contributed by atoms with van der Waals surface area (Å²) in [6.45, 7) is 3.44. The Hall–Kier alpha value is -1.40. The van der Waals surface area contributed by atoms with E-state index in [1.54, 1.807) is 19.9 Å². The number of sulfonamides is 1. The zero-order chi connectivity index (χ0) is 14.1. The van der Waals surface area contributed by atoms with Crippen molar-refractivity contribution in [3.05, 3.63) is 28.8 Å². The van der Waals surface area contributed by atoms with Crippen LogP contribution in [-0.4, -0.2) is 39.9 Å². The van der Waals surface area contributed by atoms with Gasteiger partial charge < -0.3 is 4.74 Å². The van der Waals surface area contributed by atoms with Gasteiger partial charge in [0, 0.05) is 14.1 Å². The number of rotatable bonds is 3. The van der Waals surface area contributed by atoms with Gasteiger partial charge in [-0.2, -0.15) is 0 Å². The number of carbonyl (C=O) groups excluding carboxylic acids is 1. The molecule has 1 rings (SSSR count). The molecule has 0 spiro atoms. The van der Waals surface area contributed by atoms with Crippen molar-refractivity contribution in [1.82, 2.24) is 4.31 Å². The van der Waals surface area contributed by atoms with Crippen molar-refractivity contribution in [2.24, 2.45) is 0 Å². The zero-order valence-corrected chi connectivity index (χ0v) is 12.0. The maximum atomic E-state index is 12.1. The van der Waals surface area contributed by atoms with Crippen molar-refractivity contribution in [1.29, 1.82) is 0 Å². The number of nitrogens with zero attached hydrogens (tertiary/aromatic N) is 1.